The van der Waals surface area contributed by atoms with E-state index in [9.17, 15) is 13.2 Å². The number of sulfonamides is 1. The van der Waals surface area contributed by atoms with E-state index in [1.165, 1.54) is 16.4 Å². The van der Waals surface area contributed by atoms with Crippen molar-refractivity contribution in [2.24, 2.45) is 0 Å². The lowest BCUT2D eigenvalue weighted by Crippen LogP contribution is -2.53. The number of fused-ring (bicyclic) bond motifs is 1. The fourth-order valence-electron chi connectivity index (χ4n) is 4.79. The van der Waals surface area contributed by atoms with Crippen LogP contribution in [0.3, 0.4) is 0 Å². The molecule has 0 spiro atoms. The summed E-state index contributed by atoms with van der Waals surface area (Å²) in [6, 6.07) is 5.74. The Morgan fingerprint density at radius 1 is 1.22 bits per heavy atom. The number of carbonyl (C=O) groups is 1. The Balaban J connectivity index is 1.42. The third kappa shape index (κ3) is 4.97. The number of nitrogens with zero attached hydrogens (tertiary/aromatic N) is 4. The third-order valence-electron chi connectivity index (χ3n) is 6.74. The van der Waals surface area contributed by atoms with Gasteiger partial charge in [-0.3, -0.25) is 9.20 Å². The van der Waals surface area contributed by atoms with Gasteiger partial charge in [-0.05, 0) is 60.0 Å². The number of rotatable bonds is 6. The minimum atomic E-state index is -4.06. The number of carbonyl (C=O) groups excluding carboxylic acids is 1. The molecule has 3 aromatic rings. The van der Waals surface area contributed by atoms with Crippen molar-refractivity contribution in [2.75, 3.05) is 32.7 Å². The number of hydrogen-bond acceptors (Lipinski definition) is 6. The van der Waals surface area contributed by atoms with Crippen molar-refractivity contribution in [1.82, 2.24) is 23.9 Å². The van der Waals surface area contributed by atoms with Crippen LogP contribution in [0.15, 0.2) is 40.0 Å². The molecular formula is C24H26BrCl2N5O4S. The predicted octanol–water partition coefficient (Wildman–Crippen LogP) is 3.88. The zero-order valence-electron chi connectivity index (χ0n) is 20.1. The second-order valence-corrected chi connectivity index (χ2v) is 12.4. The first-order chi connectivity index (χ1) is 17.7. The minimum absolute atomic E-state index is 0.0135. The molecule has 1 N–H and O–H groups in total. The number of benzene rings is 1. The van der Waals surface area contributed by atoms with Gasteiger partial charge in [0.1, 0.15) is 22.1 Å². The first-order valence-electron chi connectivity index (χ1n) is 11.9. The summed E-state index contributed by atoms with van der Waals surface area (Å²) in [5, 5.41) is 3.48. The zero-order chi connectivity index (χ0) is 26.3. The smallest absolute Gasteiger partial charge is 0.245 e. The van der Waals surface area contributed by atoms with Gasteiger partial charge >= 0.3 is 0 Å². The summed E-state index contributed by atoms with van der Waals surface area (Å²) in [7, 11) is -4.06. The van der Waals surface area contributed by atoms with Crippen LogP contribution in [0.1, 0.15) is 24.1 Å². The van der Waals surface area contributed by atoms with Crippen LogP contribution in [0.25, 0.3) is 5.65 Å². The quantitative estimate of drug-likeness (QED) is 0.444. The molecule has 2 aromatic heterocycles. The molecule has 2 saturated heterocycles. The molecule has 0 aliphatic carbocycles. The van der Waals surface area contributed by atoms with E-state index in [-0.39, 0.29) is 34.0 Å². The Labute approximate surface area is 233 Å². The van der Waals surface area contributed by atoms with E-state index in [1.54, 1.807) is 11.0 Å². The number of piperazine rings is 1. The molecule has 0 unspecified atom stereocenters. The van der Waals surface area contributed by atoms with Gasteiger partial charge in [0.15, 0.2) is 11.4 Å². The molecule has 0 radical (unpaired) electrons. The number of amides is 1. The number of ether oxygens (including phenoxy) is 1. The summed E-state index contributed by atoms with van der Waals surface area (Å²) in [6.07, 6.45) is 2.94. The first-order valence-corrected chi connectivity index (χ1v) is 14.9. The largest absolute Gasteiger partial charge is 0.485 e. The van der Waals surface area contributed by atoms with Crippen LogP contribution in [0.2, 0.25) is 10.0 Å². The number of imidazole rings is 1. The van der Waals surface area contributed by atoms with Gasteiger partial charge in [-0.15, -0.1) is 0 Å². The Morgan fingerprint density at radius 3 is 2.73 bits per heavy atom. The van der Waals surface area contributed by atoms with Gasteiger partial charge in [0.2, 0.25) is 15.9 Å². The van der Waals surface area contributed by atoms with Crippen molar-refractivity contribution in [1.29, 1.82) is 0 Å². The van der Waals surface area contributed by atoms with Crippen molar-refractivity contribution in [3.63, 3.8) is 0 Å². The number of hydrogen-bond donors (Lipinski definition) is 1. The summed E-state index contributed by atoms with van der Waals surface area (Å²) in [5.74, 6) is 0.336. The van der Waals surface area contributed by atoms with Gasteiger partial charge in [0.05, 0.1) is 10.7 Å². The SMILES string of the molecule is Cc1nc2c(OCc3c(Cl)ccc(S(=O)(=O)N4CCC[C@H]4C(=O)N4CCNCC4)c3Cl)cccn2c1Br. The van der Waals surface area contributed by atoms with Crippen molar-refractivity contribution >= 4 is 60.7 Å². The minimum Gasteiger partial charge on any atom is -0.485 e. The van der Waals surface area contributed by atoms with Gasteiger partial charge in [-0.25, -0.2) is 13.4 Å². The highest BCUT2D eigenvalue weighted by Gasteiger charge is 2.42. The first kappa shape index (κ1) is 26.7. The highest BCUT2D eigenvalue weighted by molar-refractivity contribution is 9.10. The van der Waals surface area contributed by atoms with Gasteiger partial charge in [0, 0.05) is 49.5 Å². The van der Waals surface area contributed by atoms with Crippen LogP contribution < -0.4 is 10.1 Å². The zero-order valence-corrected chi connectivity index (χ0v) is 24.0. The molecule has 0 bridgehead atoms. The molecule has 1 aromatic carbocycles. The number of nitrogens with one attached hydrogen (secondary N) is 1. The third-order valence-corrected chi connectivity index (χ3v) is 10.5. The molecule has 13 heteroatoms. The molecular weight excluding hydrogens is 605 g/mol. The average Bonchev–Trinajstić information content (AvgIpc) is 3.50. The Bertz CT molecular complexity index is 1460. The van der Waals surface area contributed by atoms with Crippen molar-refractivity contribution < 1.29 is 17.9 Å². The number of aryl methyl sites for hydroxylation is 1. The second-order valence-electron chi connectivity index (χ2n) is 9.03. The Hall–Kier alpha value is -1.89. The van der Waals surface area contributed by atoms with E-state index in [2.05, 4.69) is 26.2 Å². The van der Waals surface area contributed by atoms with Crippen molar-refractivity contribution in [3.05, 3.63) is 56.4 Å². The second kappa shape index (κ2) is 10.7. The maximum absolute atomic E-state index is 13.8. The Morgan fingerprint density at radius 2 is 1.97 bits per heavy atom. The summed E-state index contributed by atoms with van der Waals surface area (Å²) in [4.78, 5) is 19.4. The molecule has 2 fully saturated rings. The monoisotopic (exact) mass is 629 g/mol. The molecule has 2 aliphatic rings. The molecule has 198 valence electrons. The maximum Gasteiger partial charge on any atom is 0.245 e. The average molecular weight is 631 g/mol. The lowest BCUT2D eigenvalue weighted by Gasteiger charge is -2.32. The lowest BCUT2D eigenvalue weighted by atomic mass is 10.2. The fourth-order valence-corrected chi connectivity index (χ4v) is 7.68. The van der Waals surface area contributed by atoms with E-state index in [0.717, 1.165) is 10.3 Å². The summed E-state index contributed by atoms with van der Waals surface area (Å²) in [6.45, 7) is 4.58. The lowest BCUT2D eigenvalue weighted by molar-refractivity contribution is -0.135. The molecule has 1 amide bonds. The van der Waals surface area contributed by atoms with Crippen LogP contribution in [0, 0.1) is 6.92 Å². The van der Waals surface area contributed by atoms with E-state index in [4.69, 9.17) is 27.9 Å². The van der Waals surface area contributed by atoms with E-state index >= 15 is 0 Å². The van der Waals surface area contributed by atoms with Crippen molar-refractivity contribution in [2.45, 2.75) is 37.3 Å². The van der Waals surface area contributed by atoms with Crippen LogP contribution >= 0.6 is 39.1 Å². The van der Waals surface area contributed by atoms with E-state index < -0.39 is 16.1 Å². The summed E-state index contributed by atoms with van der Waals surface area (Å²) < 4.78 is 37.5. The maximum atomic E-state index is 13.8. The van der Waals surface area contributed by atoms with Crippen LogP contribution in [-0.2, 0) is 21.4 Å². The molecule has 5 rings (SSSR count). The molecule has 37 heavy (non-hydrogen) atoms. The highest BCUT2D eigenvalue weighted by atomic mass is 79.9. The molecule has 0 saturated carbocycles. The number of halogens is 3. The van der Waals surface area contributed by atoms with Crippen molar-refractivity contribution in [3.8, 4) is 5.75 Å². The van der Waals surface area contributed by atoms with E-state index in [0.29, 0.717) is 56.0 Å². The predicted molar refractivity (Wildman–Crippen MR) is 145 cm³/mol. The van der Waals surface area contributed by atoms with Crippen LogP contribution in [0.5, 0.6) is 5.75 Å². The van der Waals surface area contributed by atoms with Gasteiger partial charge in [-0.1, -0.05) is 23.2 Å². The molecule has 9 nitrogen and oxygen atoms in total. The number of aromatic nitrogens is 2. The highest BCUT2D eigenvalue weighted by Crippen LogP contribution is 2.36. The number of pyridine rings is 1. The normalized spacial score (nSPS) is 19.0. The fraction of sp³-hybridized carbons (Fsp3) is 0.417. The topological polar surface area (TPSA) is 96.2 Å². The summed E-state index contributed by atoms with van der Waals surface area (Å²) in [5.41, 5.74) is 1.75. The van der Waals surface area contributed by atoms with E-state index in [1.807, 2.05) is 23.6 Å². The van der Waals surface area contributed by atoms with Crippen LogP contribution in [-0.4, -0.2) is 71.7 Å². The summed E-state index contributed by atoms with van der Waals surface area (Å²) >= 11 is 16.6. The van der Waals surface area contributed by atoms with Gasteiger partial charge in [-0.2, -0.15) is 4.31 Å². The molecule has 4 heterocycles. The molecule has 1 atom stereocenters. The Kier molecular flexibility index (Phi) is 7.72. The molecule has 2 aliphatic heterocycles. The standard InChI is InChI=1S/C24H26BrCl2N5O4S/c1-15-22(25)31-10-3-5-19(23(31)29-15)36-14-16-17(26)6-7-20(21(16)27)37(34,35)32-11-2-4-18(32)24(33)30-12-8-28-9-13-30/h3,5-7,10,18,28H,2,4,8-9,11-14H2,1H3/t18-/m0/s1. The van der Waals surface area contributed by atoms with Gasteiger partial charge < -0.3 is 15.0 Å². The van der Waals surface area contributed by atoms with Crippen LogP contribution in [0.4, 0.5) is 0 Å². The van der Waals surface area contributed by atoms with Gasteiger partial charge in [0.25, 0.3) is 0 Å².